The van der Waals surface area contributed by atoms with Crippen molar-refractivity contribution in [1.82, 2.24) is 4.98 Å². The number of hydrogen-bond acceptors (Lipinski definition) is 1. The first-order chi connectivity index (χ1) is 17.9. The molecule has 1 nitrogen and oxygen atoms in total. The first kappa shape index (κ1) is 20.6. The highest BCUT2D eigenvalue weighted by Gasteiger charge is 2.18. The van der Waals surface area contributed by atoms with Crippen LogP contribution in [-0.4, -0.2) is 4.98 Å². The molecular formula is C35H23N. The van der Waals surface area contributed by atoms with Crippen molar-refractivity contribution in [1.29, 1.82) is 0 Å². The van der Waals surface area contributed by atoms with Crippen LogP contribution >= 0.6 is 0 Å². The molecule has 1 heterocycles. The molecule has 0 unspecified atom stereocenters. The Labute approximate surface area is 210 Å². The van der Waals surface area contributed by atoms with E-state index >= 15 is 0 Å². The van der Waals surface area contributed by atoms with Crippen molar-refractivity contribution in [2.75, 3.05) is 0 Å². The summed E-state index contributed by atoms with van der Waals surface area (Å²) < 4.78 is 0. The number of benzene rings is 6. The Morgan fingerprint density at radius 1 is 0.361 bits per heavy atom. The lowest BCUT2D eigenvalue weighted by molar-refractivity contribution is 1.42. The van der Waals surface area contributed by atoms with Crippen LogP contribution in [0.1, 0.15) is 0 Å². The van der Waals surface area contributed by atoms with Crippen LogP contribution in [0.4, 0.5) is 0 Å². The molecule has 0 radical (unpaired) electrons. The Morgan fingerprint density at radius 2 is 0.944 bits per heavy atom. The minimum Gasteiger partial charge on any atom is -0.256 e. The molecule has 7 rings (SSSR count). The zero-order valence-corrected chi connectivity index (χ0v) is 19.7. The van der Waals surface area contributed by atoms with Gasteiger partial charge in [-0.1, -0.05) is 127 Å². The van der Waals surface area contributed by atoms with E-state index in [1.807, 2.05) is 12.3 Å². The number of pyridine rings is 1. The molecule has 1 heteroatoms. The molecule has 0 amide bonds. The third-order valence-corrected chi connectivity index (χ3v) is 7.12. The maximum Gasteiger partial charge on any atom is 0.0793 e. The molecule has 0 aliphatic carbocycles. The van der Waals surface area contributed by atoms with Gasteiger partial charge in [0.1, 0.15) is 0 Å². The average Bonchev–Trinajstić information content (AvgIpc) is 2.96. The van der Waals surface area contributed by atoms with Crippen LogP contribution < -0.4 is 0 Å². The smallest absolute Gasteiger partial charge is 0.0793 e. The molecule has 0 atom stereocenters. The molecule has 0 spiro atoms. The monoisotopic (exact) mass is 457 g/mol. The van der Waals surface area contributed by atoms with Crippen molar-refractivity contribution in [2.45, 2.75) is 0 Å². The molecule has 0 aliphatic rings. The number of rotatable bonds is 3. The molecule has 36 heavy (non-hydrogen) atoms. The maximum absolute atomic E-state index is 4.97. The van der Waals surface area contributed by atoms with Gasteiger partial charge >= 0.3 is 0 Å². The summed E-state index contributed by atoms with van der Waals surface area (Å²) in [6.45, 7) is 0. The van der Waals surface area contributed by atoms with E-state index in [0.717, 1.165) is 5.52 Å². The fourth-order valence-corrected chi connectivity index (χ4v) is 5.49. The van der Waals surface area contributed by atoms with Crippen molar-refractivity contribution in [3.05, 3.63) is 140 Å². The minimum atomic E-state index is 1.04. The van der Waals surface area contributed by atoms with Gasteiger partial charge in [0.2, 0.25) is 0 Å². The number of aromatic nitrogens is 1. The first-order valence-corrected chi connectivity index (χ1v) is 12.3. The number of fused-ring (bicyclic) bond motifs is 3. The van der Waals surface area contributed by atoms with Gasteiger partial charge in [0, 0.05) is 17.1 Å². The molecule has 168 valence electrons. The van der Waals surface area contributed by atoms with E-state index in [4.69, 9.17) is 4.98 Å². The summed E-state index contributed by atoms with van der Waals surface area (Å²) in [6.07, 6.45) is 1.91. The average molecular weight is 458 g/mol. The molecule has 1 aromatic heterocycles. The Morgan fingerprint density at radius 3 is 1.75 bits per heavy atom. The van der Waals surface area contributed by atoms with E-state index in [2.05, 4.69) is 127 Å². The standard InChI is InChI=1S/C35H23N/c1-2-10-24(11-3-1)25-19-21-27(22-20-25)33-30-15-6-7-16-31(30)34(35-32(33)18-9-23-36-35)29-17-8-13-26-12-4-5-14-28(26)29/h1-23H. The van der Waals surface area contributed by atoms with E-state index in [-0.39, 0.29) is 0 Å². The van der Waals surface area contributed by atoms with Crippen LogP contribution in [0.2, 0.25) is 0 Å². The van der Waals surface area contributed by atoms with Gasteiger partial charge in [-0.05, 0) is 55.4 Å². The highest BCUT2D eigenvalue weighted by atomic mass is 14.7. The predicted octanol–water partition coefficient (Wildman–Crippen LogP) is 9.54. The molecular weight excluding hydrogens is 434 g/mol. The maximum atomic E-state index is 4.97. The summed E-state index contributed by atoms with van der Waals surface area (Å²) in [5.74, 6) is 0. The van der Waals surface area contributed by atoms with Crippen LogP contribution in [0.25, 0.3) is 65.8 Å². The van der Waals surface area contributed by atoms with Gasteiger partial charge in [-0.2, -0.15) is 0 Å². The summed E-state index contributed by atoms with van der Waals surface area (Å²) in [5, 5.41) is 6.13. The lowest BCUT2D eigenvalue weighted by atomic mass is 9.86. The van der Waals surface area contributed by atoms with Crippen LogP contribution in [0.15, 0.2) is 140 Å². The van der Waals surface area contributed by atoms with E-state index in [9.17, 15) is 0 Å². The molecule has 0 fully saturated rings. The second-order valence-electron chi connectivity index (χ2n) is 9.17. The number of hydrogen-bond donors (Lipinski definition) is 0. The number of nitrogens with zero attached hydrogens (tertiary/aromatic N) is 1. The van der Waals surface area contributed by atoms with Gasteiger partial charge in [0.25, 0.3) is 0 Å². The zero-order chi connectivity index (χ0) is 23.9. The third-order valence-electron chi connectivity index (χ3n) is 7.12. The molecule has 0 saturated carbocycles. The van der Waals surface area contributed by atoms with E-state index in [1.54, 1.807) is 0 Å². The molecule has 0 bridgehead atoms. The van der Waals surface area contributed by atoms with Crippen molar-refractivity contribution in [3.63, 3.8) is 0 Å². The lowest BCUT2D eigenvalue weighted by Crippen LogP contribution is -1.93. The molecule has 0 saturated heterocycles. The Balaban J connectivity index is 1.54. The summed E-state index contributed by atoms with van der Waals surface area (Å²) in [5.41, 5.74) is 8.34. The summed E-state index contributed by atoms with van der Waals surface area (Å²) in [4.78, 5) is 4.97. The second kappa shape index (κ2) is 8.48. The molecule has 0 N–H and O–H groups in total. The molecule has 7 aromatic rings. The summed E-state index contributed by atoms with van der Waals surface area (Å²) in [7, 11) is 0. The second-order valence-corrected chi connectivity index (χ2v) is 9.17. The van der Waals surface area contributed by atoms with Crippen molar-refractivity contribution >= 4 is 32.4 Å². The van der Waals surface area contributed by atoms with Crippen molar-refractivity contribution < 1.29 is 0 Å². The zero-order valence-electron chi connectivity index (χ0n) is 19.7. The third kappa shape index (κ3) is 3.29. The van der Waals surface area contributed by atoms with Crippen LogP contribution in [0, 0.1) is 0 Å². The van der Waals surface area contributed by atoms with Gasteiger partial charge in [0.15, 0.2) is 0 Å². The van der Waals surface area contributed by atoms with E-state index < -0.39 is 0 Å². The topological polar surface area (TPSA) is 12.9 Å². The van der Waals surface area contributed by atoms with Crippen molar-refractivity contribution in [2.24, 2.45) is 0 Å². The van der Waals surface area contributed by atoms with Gasteiger partial charge in [-0.25, -0.2) is 0 Å². The normalized spacial score (nSPS) is 11.3. The fraction of sp³-hybridized carbons (Fsp3) is 0. The van der Waals surface area contributed by atoms with Gasteiger partial charge in [0.05, 0.1) is 5.52 Å². The SMILES string of the molecule is c1ccc(-c2ccc(-c3c4ccccc4c(-c4cccc5ccccc45)c4ncccc34)cc2)cc1. The fourth-order valence-electron chi connectivity index (χ4n) is 5.49. The van der Waals surface area contributed by atoms with Crippen LogP contribution in [0.5, 0.6) is 0 Å². The molecule has 0 aliphatic heterocycles. The highest BCUT2D eigenvalue weighted by Crippen LogP contribution is 2.44. The van der Waals surface area contributed by atoms with E-state index in [0.29, 0.717) is 0 Å². The van der Waals surface area contributed by atoms with Crippen LogP contribution in [0.3, 0.4) is 0 Å². The van der Waals surface area contributed by atoms with Crippen LogP contribution in [-0.2, 0) is 0 Å². The summed E-state index contributed by atoms with van der Waals surface area (Å²) in [6, 6.07) is 47.7. The summed E-state index contributed by atoms with van der Waals surface area (Å²) >= 11 is 0. The lowest BCUT2D eigenvalue weighted by Gasteiger charge is -2.18. The largest absolute Gasteiger partial charge is 0.256 e. The Kier molecular flexibility index (Phi) is 4.85. The minimum absolute atomic E-state index is 1.04. The highest BCUT2D eigenvalue weighted by molar-refractivity contribution is 6.22. The Bertz CT molecular complexity index is 1800. The van der Waals surface area contributed by atoms with Crippen molar-refractivity contribution in [3.8, 4) is 33.4 Å². The Hall–Kier alpha value is -4.75. The van der Waals surface area contributed by atoms with E-state index in [1.165, 1.54) is 60.3 Å². The predicted molar refractivity (Wildman–Crippen MR) is 153 cm³/mol. The molecule has 6 aromatic carbocycles. The van der Waals surface area contributed by atoms with Gasteiger partial charge in [-0.15, -0.1) is 0 Å². The quantitative estimate of drug-likeness (QED) is 0.241. The van der Waals surface area contributed by atoms with Gasteiger partial charge < -0.3 is 0 Å². The first-order valence-electron chi connectivity index (χ1n) is 12.3. The van der Waals surface area contributed by atoms with Gasteiger partial charge in [-0.3, -0.25) is 4.98 Å².